The molecule has 7 nitrogen and oxygen atoms in total. The Balaban J connectivity index is 0. The molecule has 0 amide bonds. The van der Waals surface area contributed by atoms with Crippen molar-refractivity contribution in [2.24, 2.45) is 0 Å². The number of benzene rings is 1. The molecule has 0 fully saturated rings. The first-order valence-electron chi connectivity index (χ1n) is 3.77. The minimum absolute atomic E-state index is 0. The van der Waals surface area contributed by atoms with E-state index in [1.807, 2.05) is 0 Å². The van der Waals surface area contributed by atoms with Crippen LogP contribution < -0.4 is 47.9 Å². The van der Waals surface area contributed by atoms with Crippen LogP contribution in [0, 0.1) is 0 Å². The molecule has 1 aromatic rings. The largest absolute Gasteiger partial charge is 1.00 e. The Labute approximate surface area is 126 Å². The van der Waals surface area contributed by atoms with E-state index >= 15 is 0 Å². The predicted octanol–water partition coefficient (Wildman–Crippen LogP) is -8.33. The molecule has 0 unspecified atom stereocenters. The van der Waals surface area contributed by atoms with E-state index in [9.17, 15) is 28.2 Å². The summed E-state index contributed by atoms with van der Waals surface area (Å²) in [5.41, 5.74) is -1.37. The van der Waals surface area contributed by atoms with E-state index in [4.69, 9.17) is 4.55 Å². The number of carboxylic acid groups (broad SMARTS) is 2. The van der Waals surface area contributed by atoms with Gasteiger partial charge in [-0.05, 0) is 29.3 Å². The first kappa shape index (κ1) is 19.6. The summed E-state index contributed by atoms with van der Waals surface area (Å²) < 4.78 is 30.1. The summed E-state index contributed by atoms with van der Waals surface area (Å²) in [6, 6.07) is 1.83. The molecule has 0 spiro atoms. The second kappa shape index (κ2) is 7.00. The summed E-state index contributed by atoms with van der Waals surface area (Å²) in [6.07, 6.45) is 0. The smallest absolute Gasteiger partial charge is 0.545 e. The monoisotopic (exact) mass is 258 g/mol. The maximum absolute atomic E-state index is 10.7. The molecular weight excluding hydrogens is 254 g/mol. The van der Waals surface area contributed by atoms with Crippen LogP contribution in [0.3, 0.4) is 0 Å². The van der Waals surface area contributed by atoms with Crippen molar-refractivity contribution in [2.45, 2.75) is 4.90 Å². The molecular formula is C8H4Li2O7S. The molecule has 0 atom stereocenters. The predicted molar refractivity (Wildman–Crippen MR) is 44.9 cm³/mol. The van der Waals surface area contributed by atoms with Crippen LogP contribution in [-0.2, 0) is 10.1 Å². The number of aromatic carboxylic acids is 2. The van der Waals surface area contributed by atoms with Crippen molar-refractivity contribution in [1.82, 2.24) is 0 Å². The number of carboxylic acids is 2. The van der Waals surface area contributed by atoms with Gasteiger partial charge in [0.1, 0.15) is 0 Å². The van der Waals surface area contributed by atoms with E-state index in [2.05, 4.69) is 0 Å². The van der Waals surface area contributed by atoms with Gasteiger partial charge < -0.3 is 19.8 Å². The molecule has 0 aliphatic carbocycles. The molecule has 18 heavy (non-hydrogen) atoms. The molecule has 10 heteroatoms. The van der Waals surface area contributed by atoms with Crippen molar-refractivity contribution in [3.05, 3.63) is 29.3 Å². The second-order valence-electron chi connectivity index (χ2n) is 2.80. The average Bonchev–Trinajstić information content (AvgIpc) is 2.15. The van der Waals surface area contributed by atoms with Gasteiger partial charge in [0.25, 0.3) is 10.1 Å². The van der Waals surface area contributed by atoms with Crippen molar-refractivity contribution in [3.8, 4) is 0 Å². The summed E-state index contributed by atoms with van der Waals surface area (Å²) in [5, 5.41) is 20.9. The number of carbonyl (C=O) groups is 2. The molecule has 0 saturated carbocycles. The van der Waals surface area contributed by atoms with Crippen LogP contribution >= 0.6 is 0 Å². The third-order valence-corrected chi connectivity index (χ3v) is 2.51. The minimum Gasteiger partial charge on any atom is -0.545 e. The van der Waals surface area contributed by atoms with Crippen LogP contribution in [-0.4, -0.2) is 24.9 Å². The van der Waals surface area contributed by atoms with Crippen molar-refractivity contribution in [2.75, 3.05) is 0 Å². The van der Waals surface area contributed by atoms with E-state index in [1.54, 1.807) is 0 Å². The summed E-state index contributed by atoms with van der Waals surface area (Å²) >= 11 is 0. The van der Waals surface area contributed by atoms with Crippen LogP contribution in [0.1, 0.15) is 20.7 Å². The Morgan fingerprint density at radius 1 is 0.944 bits per heavy atom. The zero-order chi connectivity index (χ0) is 12.5. The first-order valence-corrected chi connectivity index (χ1v) is 5.21. The maximum Gasteiger partial charge on any atom is 1.00 e. The standard InChI is InChI=1S/C8H6O7S.2Li/c9-7(10)4-1-5(8(11)12)3-6(2-4)16(13,14)15;;/h1-3H,(H,9,10)(H,11,12)(H,13,14,15);;/q;2*+1/p-2. The van der Waals surface area contributed by atoms with Gasteiger partial charge in [-0.15, -0.1) is 0 Å². The van der Waals surface area contributed by atoms with Gasteiger partial charge in [0, 0.05) is 0 Å². The fourth-order valence-electron chi connectivity index (χ4n) is 0.984. The van der Waals surface area contributed by atoms with Crippen molar-refractivity contribution >= 4 is 22.1 Å². The van der Waals surface area contributed by atoms with Crippen LogP contribution in [0.4, 0.5) is 0 Å². The van der Waals surface area contributed by atoms with Crippen molar-refractivity contribution in [3.63, 3.8) is 0 Å². The van der Waals surface area contributed by atoms with Gasteiger partial charge in [-0.3, -0.25) is 4.55 Å². The summed E-state index contributed by atoms with van der Waals surface area (Å²) in [7, 11) is -4.70. The third kappa shape index (κ3) is 4.87. The van der Waals surface area contributed by atoms with E-state index in [0.29, 0.717) is 18.2 Å². The summed E-state index contributed by atoms with van der Waals surface area (Å²) in [6.45, 7) is 0. The normalized spacial score (nSPS) is 9.83. The number of hydrogen-bond acceptors (Lipinski definition) is 6. The average molecular weight is 258 g/mol. The number of hydrogen-bond donors (Lipinski definition) is 1. The molecule has 1 N–H and O–H groups in total. The topological polar surface area (TPSA) is 135 Å². The van der Waals surface area contributed by atoms with Crippen molar-refractivity contribution in [1.29, 1.82) is 0 Å². The first-order chi connectivity index (χ1) is 7.21. The Bertz CT molecular complexity index is 535. The molecule has 0 aliphatic heterocycles. The van der Waals surface area contributed by atoms with Gasteiger partial charge in [0.2, 0.25) is 0 Å². The quantitative estimate of drug-likeness (QED) is 0.420. The molecule has 1 rings (SSSR count). The van der Waals surface area contributed by atoms with E-state index in [1.165, 1.54) is 0 Å². The fourth-order valence-corrected chi connectivity index (χ4v) is 1.54. The molecule has 1 aromatic carbocycles. The maximum atomic E-state index is 10.7. The van der Waals surface area contributed by atoms with Gasteiger partial charge in [0.05, 0.1) is 16.8 Å². The van der Waals surface area contributed by atoms with Crippen LogP contribution in [0.15, 0.2) is 23.1 Å². The summed E-state index contributed by atoms with van der Waals surface area (Å²) in [5.74, 6) is -3.54. The van der Waals surface area contributed by atoms with Gasteiger partial charge in [-0.1, -0.05) is 0 Å². The van der Waals surface area contributed by atoms with E-state index in [0.717, 1.165) is 0 Å². The Morgan fingerprint density at radius 3 is 1.50 bits per heavy atom. The zero-order valence-corrected chi connectivity index (χ0v) is 10.4. The second-order valence-corrected chi connectivity index (χ2v) is 4.22. The van der Waals surface area contributed by atoms with Gasteiger partial charge in [0.15, 0.2) is 0 Å². The zero-order valence-electron chi connectivity index (χ0n) is 9.54. The minimum atomic E-state index is -4.70. The third-order valence-electron chi connectivity index (χ3n) is 1.68. The van der Waals surface area contributed by atoms with Crippen molar-refractivity contribution < 1.29 is 70.5 Å². The molecule has 0 heterocycles. The fraction of sp³-hybridized carbons (Fsp3) is 0. The van der Waals surface area contributed by atoms with E-state index in [-0.39, 0.29) is 37.7 Å². The molecule has 86 valence electrons. The Kier molecular flexibility index (Phi) is 7.62. The molecule has 0 bridgehead atoms. The molecule has 0 aliphatic rings. The Hall–Kier alpha value is -0.735. The Morgan fingerprint density at radius 2 is 1.28 bits per heavy atom. The molecule has 0 aromatic heterocycles. The van der Waals surface area contributed by atoms with Gasteiger partial charge >= 0.3 is 37.7 Å². The molecule has 0 saturated heterocycles. The molecule has 0 radical (unpaired) electrons. The summed E-state index contributed by atoms with van der Waals surface area (Å²) in [4.78, 5) is 20.1. The van der Waals surface area contributed by atoms with Crippen LogP contribution in [0.25, 0.3) is 0 Å². The SMILES string of the molecule is O=C([O-])c1cc(C(=O)[O-])cc(S(=O)(=O)O)c1.[Li+].[Li+]. The van der Waals surface area contributed by atoms with Crippen LogP contribution in [0.5, 0.6) is 0 Å². The van der Waals surface area contributed by atoms with Gasteiger partial charge in [-0.25, -0.2) is 0 Å². The van der Waals surface area contributed by atoms with Gasteiger partial charge in [-0.2, -0.15) is 8.42 Å². The number of carbonyl (C=O) groups excluding carboxylic acids is 2. The van der Waals surface area contributed by atoms with E-state index < -0.39 is 38.1 Å². The number of rotatable bonds is 3. The van der Waals surface area contributed by atoms with Crippen LogP contribution in [0.2, 0.25) is 0 Å².